The summed E-state index contributed by atoms with van der Waals surface area (Å²) in [5.41, 5.74) is 27.6. The van der Waals surface area contributed by atoms with E-state index in [1.165, 1.54) is 24.3 Å². The van der Waals surface area contributed by atoms with Crippen LogP contribution in [0, 0.1) is 5.92 Å². The molecule has 31 nitrogen and oxygen atoms in total. The summed E-state index contributed by atoms with van der Waals surface area (Å²) in [7, 11) is 0. The first-order valence-corrected chi connectivity index (χ1v) is 23.8. The average molecular weight is 1050 g/mol. The number of carbonyl (C=O) groups excluding carboxylic acids is 10. The summed E-state index contributed by atoms with van der Waals surface area (Å²) in [6.07, 6.45) is 3.26. The number of aromatic amines is 1. The van der Waals surface area contributed by atoms with E-state index in [0.717, 1.165) is 0 Å². The van der Waals surface area contributed by atoms with E-state index in [0.29, 0.717) is 25.0 Å². The number of hydrogen-bond donors (Lipinski definition) is 17. The molecule has 10 amide bonds. The number of unbranched alkanes of at least 4 members (excludes halogenated alkanes) is 1. The Hall–Kier alpha value is -7.51. The number of aliphatic carboxylic acids is 1. The van der Waals surface area contributed by atoms with Crippen LogP contribution in [0.5, 0.6) is 0 Å². The van der Waals surface area contributed by atoms with Crippen LogP contribution < -0.4 is 71.2 Å². The maximum Gasteiger partial charge on any atom is 0.326 e. The Balaban J connectivity index is 2.12. The molecule has 0 spiro atoms. The topological polar surface area (TPSA) is 519 Å². The number of nitrogens with one attached hydrogen (secondary N) is 9. The summed E-state index contributed by atoms with van der Waals surface area (Å²) in [5, 5.41) is 48.0. The molecule has 0 radical (unpaired) electrons. The lowest BCUT2D eigenvalue weighted by atomic mass is 10.0. The van der Waals surface area contributed by atoms with Gasteiger partial charge in [-0.25, -0.2) is 9.78 Å². The molecule has 1 aliphatic heterocycles. The van der Waals surface area contributed by atoms with Crippen molar-refractivity contribution in [2.75, 3.05) is 39.4 Å². The first-order valence-electron chi connectivity index (χ1n) is 23.8. The molecule has 22 N–H and O–H groups in total. The predicted molar refractivity (Wildman–Crippen MR) is 260 cm³/mol. The lowest BCUT2D eigenvalue weighted by Gasteiger charge is -2.31. The summed E-state index contributed by atoms with van der Waals surface area (Å²) < 4.78 is 0. The Morgan fingerprint density at radius 1 is 0.757 bits per heavy atom. The fourth-order valence-electron chi connectivity index (χ4n) is 7.34. The molecule has 1 fully saturated rings. The van der Waals surface area contributed by atoms with Gasteiger partial charge in [-0.05, 0) is 64.3 Å². The van der Waals surface area contributed by atoms with Crippen molar-refractivity contribution in [3.05, 3.63) is 18.2 Å². The molecule has 0 bridgehead atoms. The van der Waals surface area contributed by atoms with E-state index in [2.05, 4.69) is 57.5 Å². The van der Waals surface area contributed by atoms with Crippen LogP contribution in [0.4, 0.5) is 0 Å². The Bertz CT molecular complexity index is 2120. The van der Waals surface area contributed by atoms with Gasteiger partial charge in [0.1, 0.15) is 54.4 Å². The van der Waals surface area contributed by atoms with E-state index < -0.39 is 152 Å². The van der Waals surface area contributed by atoms with Crippen molar-refractivity contribution >= 4 is 71.0 Å². The second-order valence-corrected chi connectivity index (χ2v) is 17.7. The van der Waals surface area contributed by atoms with Gasteiger partial charge in [0.25, 0.3) is 0 Å². The number of likely N-dealkylation sites (tertiary alicyclic amines) is 1. The van der Waals surface area contributed by atoms with Crippen LogP contribution in [0.3, 0.4) is 0 Å². The molecule has 2 rings (SSSR count). The fraction of sp³-hybridized carbons (Fsp3) is 0.651. The van der Waals surface area contributed by atoms with Gasteiger partial charge in [0, 0.05) is 31.4 Å². The van der Waals surface area contributed by atoms with Gasteiger partial charge >= 0.3 is 5.97 Å². The van der Waals surface area contributed by atoms with Gasteiger partial charge in [0.15, 0.2) is 5.96 Å². The van der Waals surface area contributed by atoms with E-state index in [1.807, 2.05) is 0 Å². The molecule has 31 heteroatoms. The lowest BCUT2D eigenvalue weighted by Crippen LogP contribution is -2.60. The molecular formula is C43H73N17O14. The molecule has 2 heterocycles. The number of nitrogens with zero attached hydrogens (tertiary/aromatic N) is 3. The summed E-state index contributed by atoms with van der Waals surface area (Å²) >= 11 is 0. The largest absolute Gasteiger partial charge is 0.480 e. The summed E-state index contributed by atoms with van der Waals surface area (Å²) in [6, 6.07) is -12.5. The Morgan fingerprint density at radius 2 is 1.39 bits per heavy atom. The van der Waals surface area contributed by atoms with Crippen molar-refractivity contribution in [3.8, 4) is 0 Å². The number of hydrogen-bond acceptors (Lipinski definition) is 17. The minimum atomic E-state index is -1.65. The first-order chi connectivity index (χ1) is 34.9. The normalized spacial score (nSPS) is 16.3. The number of aliphatic hydroxyl groups excluding tert-OH is 2. The van der Waals surface area contributed by atoms with Crippen molar-refractivity contribution in [1.82, 2.24) is 57.4 Å². The number of aliphatic imine (C=N–C) groups is 1. The number of carbonyl (C=O) groups is 11. The summed E-state index contributed by atoms with van der Waals surface area (Å²) in [5.74, 6) is -11.2. The maximum absolute atomic E-state index is 14.1. The second kappa shape index (κ2) is 31.8. The standard InChI is InChI=1S/C43H73N17O14/c1-21(2)33(40(71)56-27(15-31(46)63)38(69)57-28(42(73)74)14-23-16-49-20-52-23)59-39(70)30-10-7-13-60(30)41(72)26(8-4-5-11-44)54-32(64)17-51-36(67)29(19-62)58-34(65)22(3)53-37(68)25(9-6-12-50-43(47)48)55-35(66)24(45)18-61/h16,20-22,24-30,33,61-62H,4-15,17-19,44-45H2,1-3H3,(H2,46,63)(H,49,52)(H,51,67)(H,53,68)(H,54,64)(H,55,66)(H,56,71)(H,57,69)(H,58,65)(H,59,70)(H,73,74)(H4,47,48,50)/t22-,24-,25-,26-,27-,28-,29-,30-,33-/m0/s1. The third-order valence-electron chi connectivity index (χ3n) is 11.4. The third-order valence-corrected chi connectivity index (χ3v) is 11.4. The SMILES string of the molecule is CC(C)[C@H](NC(=O)[C@@H]1CCCN1C(=O)[C@H](CCCCN)NC(=O)CNC(=O)[C@H](CO)NC(=O)[C@H](C)NC(=O)[C@H](CCCN=C(N)N)NC(=O)[C@@H](N)CO)C(=O)N[C@@H](CC(N)=O)C(=O)N[C@@H](Cc1cnc[nH]1)C(=O)O. The highest BCUT2D eigenvalue weighted by atomic mass is 16.4. The maximum atomic E-state index is 14.1. The molecule has 1 aromatic rings. The molecule has 0 aromatic carbocycles. The smallest absolute Gasteiger partial charge is 0.326 e. The number of nitrogens with two attached hydrogens (primary N) is 5. The van der Waals surface area contributed by atoms with E-state index in [4.69, 9.17) is 28.7 Å². The lowest BCUT2D eigenvalue weighted by molar-refractivity contribution is -0.143. The van der Waals surface area contributed by atoms with Gasteiger partial charge < -0.3 is 96.4 Å². The zero-order valence-electron chi connectivity index (χ0n) is 41.6. The molecule has 1 aliphatic rings. The minimum Gasteiger partial charge on any atom is -0.480 e. The van der Waals surface area contributed by atoms with E-state index in [9.17, 15) is 68.1 Å². The summed E-state index contributed by atoms with van der Waals surface area (Å²) in [6.45, 7) is 2.40. The highest BCUT2D eigenvalue weighted by Gasteiger charge is 2.40. The number of imidazole rings is 1. The number of primary amides is 1. The molecule has 0 unspecified atom stereocenters. The monoisotopic (exact) mass is 1050 g/mol. The predicted octanol–water partition coefficient (Wildman–Crippen LogP) is -8.42. The second-order valence-electron chi connectivity index (χ2n) is 17.7. The van der Waals surface area contributed by atoms with Gasteiger partial charge in [-0.2, -0.15) is 0 Å². The quantitative estimate of drug-likeness (QED) is 0.0177. The molecule has 74 heavy (non-hydrogen) atoms. The molecule has 9 atom stereocenters. The number of H-pyrrole nitrogens is 1. The molecule has 0 saturated carbocycles. The first kappa shape index (κ1) is 62.6. The minimum absolute atomic E-state index is 0.0148. The zero-order valence-corrected chi connectivity index (χ0v) is 41.6. The van der Waals surface area contributed by atoms with Crippen molar-refractivity contribution in [2.24, 2.45) is 39.6 Å². The zero-order chi connectivity index (χ0) is 55.7. The average Bonchev–Trinajstić information content (AvgIpc) is 4.06. The van der Waals surface area contributed by atoms with Crippen LogP contribution in [-0.2, 0) is 59.2 Å². The number of carboxylic acid groups (broad SMARTS) is 1. The van der Waals surface area contributed by atoms with Crippen LogP contribution in [0.2, 0.25) is 0 Å². The van der Waals surface area contributed by atoms with E-state index in [-0.39, 0.29) is 57.7 Å². The van der Waals surface area contributed by atoms with Crippen LogP contribution in [0.25, 0.3) is 0 Å². The molecule has 1 aromatic heterocycles. The van der Waals surface area contributed by atoms with E-state index >= 15 is 0 Å². The van der Waals surface area contributed by atoms with Crippen molar-refractivity contribution in [2.45, 2.75) is 133 Å². The summed E-state index contributed by atoms with van der Waals surface area (Å²) in [4.78, 5) is 155. The Kier molecular flexibility index (Phi) is 26.9. The van der Waals surface area contributed by atoms with Gasteiger partial charge in [-0.3, -0.25) is 52.9 Å². The Morgan fingerprint density at radius 3 is 1.97 bits per heavy atom. The number of rotatable bonds is 33. The molecular weight excluding hydrogens is 979 g/mol. The van der Waals surface area contributed by atoms with Crippen molar-refractivity contribution in [1.29, 1.82) is 0 Å². The molecule has 1 saturated heterocycles. The van der Waals surface area contributed by atoms with Crippen LogP contribution >= 0.6 is 0 Å². The number of guanidine groups is 1. The number of aromatic nitrogens is 2. The fourth-order valence-corrected chi connectivity index (χ4v) is 7.34. The highest BCUT2D eigenvalue weighted by molar-refractivity contribution is 5.99. The van der Waals surface area contributed by atoms with Gasteiger partial charge in [0.2, 0.25) is 59.1 Å². The Labute approximate surface area is 425 Å². The van der Waals surface area contributed by atoms with E-state index in [1.54, 1.807) is 13.8 Å². The van der Waals surface area contributed by atoms with Gasteiger partial charge in [0.05, 0.1) is 32.5 Å². The third kappa shape index (κ3) is 21.3. The van der Waals surface area contributed by atoms with Gasteiger partial charge in [-0.1, -0.05) is 13.8 Å². The van der Waals surface area contributed by atoms with Crippen LogP contribution in [-0.4, -0.2) is 195 Å². The van der Waals surface area contributed by atoms with Crippen LogP contribution in [0.1, 0.15) is 77.8 Å². The number of aliphatic hydroxyl groups is 2. The number of carboxylic acids is 1. The number of amides is 10. The molecule has 414 valence electrons. The van der Waals surface area contributed by atoms with Gasteiger partial charge in [-0.15, -0.1) is 0 Å². The molecule has 0 aliphatic carbocycles. The highest BCUT2D eigenvalue weighted by Crippen LogP contribution is 2.21. The van der Waals surface area contributed by atoms with Crippen LogP contribution in [0.15, 0.2) is 17.5 Å². The van der Waals surface area contributed by atoms with Crippen molar-refractivity contribution < 1.29 is 68.1 Å². The van der Waals surface area contributed by atoms with Crippen molar-refractivity contribution in [3.63, 3.8) is 0 Å².